The molecule has 1 unspecified atom stereocenters. The predicted molar refractivity (Wildman–Crippen MR) is 52.1 cm³/mol. The maximum Gasteiger partial charge on any atom is 0.272 e. The molecule has 2 heterocycles. The van der Waals surface area contributed by atoms with Gasteiger partial charge in [0.25, 0.3) is 5.91 Å². The largest absolute Gasteiger partial charge is 0.353 e. The smallest absolute Gasteiger partial charge is 0.272 e. The molecule has 0 bridgehead atoms. The summed E-state index contributed by atoms with van der Waals surface area (Å²) in [6.45, 7) is 2.75. The maximum absolute atomic E-state index is 11.9. The van der Waals surface area contributed by atoms with E-state index in [1.165, 1.54) is 11.1 Å². The minimum atomic E-state index is -0.422. The van der Waals surface area contributed by atoms with Gasteiger partial charge in [0.15, 0.2) is 0 Å². The first-order chi connectivity index (χ1) is 7.20. The molecule has 15 heavy (non-hydrogen) atoms. The number of nitrogens with one attached hydrogen (secondary N) is 2. The Kier molecular flexibility index (Phi) is 2.40. The summed E-state index contributed by atoms with van der Waals surface area (Å²) >= 11 is 0. The van der Waals surface area contributed by atoms with Crippen LogP contribution in [-0.2, 0) is 4.79 Å². The molecule has 6 heteroatoms. The van der Waals surface area contributed by atoms with E-state index < -0.39 is 6.04 Å². The normalized spacial score (nSPS) is 21.3. The molecule has 1 aliphatic heterocycles. The third-order valence-corrected chi connectivity index (χ3v) is 2.49. The standard InChI is InChI=1S/C9H12N4O2/c1-6-8(14)10-4-5-13(6)9(15)7-2-3-11-12-7/h2-3,6H,4-5H2,1H3,(H,10,14)(H,11,12). The quantitative estimate of drug-likeness (QED) is 0.645. The second kappa shape index (κ2) is 3.72. The molecule has 2 N–H and O–H groups in total. The van der Waals surface area contributed by atoms with Crippen molar-refractivity contribution in [2.24, 2.45) is 0 Å². The minimum Gasteiger partial charge on any atom is -0.353 e. The Balaban J connectivity index is 2.16. The number of rotatable bonds is 1. The van der Waals surface area contributed by atoms with Gasteiger partial charge in [-0.25, -0.2) is 0 Å². The Morgan fingerprint density at radius 2 is 2.47 bits per heavy atom. The highest BCUT2D eigenvalue weighted by atomic mass is 16.2. The molecule has 0 spiro atoms. The van der Waals surface area contributed by atoms with Gasteiger partial charge in [-0.15, -0.1) is 0 Å². The van der Waals surface area contributed by atoms with Crippen molar-refractivity contribution in [3.8, 4) is 0 Å². The van der Waals surface area contributed by atoms with Gasteiger partial charge in [0, 0.05) is 19.3 Å². The van der Waals surface area contributed by atoms with E-state index in [9.17, 15) is 9.59 Å². The predicted octanol–water partition coefficient (Wildman–Crippen LogP) is -0.630. The molecule has 0 radical (unpaired) electrons. The second-order valence-electron chi connectivity index (χ2n) is 3.44. The van der Waals surface area contributed by atoms with Gasteiger partial charge in [-0.2, -0.15) is 5.10 Å². The molecule has 1 atom stereocenters. The van der Waals surface area contributed by atoms with Crippen molar-refractivity contribution in [1.29, 1.82) is 0 Å². The molecule has 2 amide bonds. The number of aromatic nitrogens is 2. The zero-order valence-corrected chi connectivity index (χ0v) is 8.36. The van der Waals surface area contributed by atoms with E-state index in [4.69, 9.17) is 0 Å². The number of hydrogen-bond donors (Lipinski definition) is 2. The van der Waals surface area contributed by atoms with Crippen LogP contribution in [0, 0.1) is 0 Å². The van der Waals surface area contributed by atoms with Crippen LogP contribution in [0.15, 0.2) is 12.3 Å². The van der Waals surface area contributed by atoms with E-state index in [1.807, 2.05) is 0 Å². The molecule has 1 aromatic heterocycles. The number of carbonyl (C=O) groups excluding carboxylic acids is 2. The van der Waals surface area contributed by atoms with Gasteiger partial charge in [0.05, 0.1) is 0 Å². The fourth-order valence-corrected chi connectivity index (χ4v) is 1.59. The first-order valence-corrected chi connectivity index (χ1v) is 4.78. The lowest BCUT2D eigenvalue weighted by Gasteiger charge is -2.32. The molecule has 2 rings (SSSR count). The fraction of sp³-hybridized carbons (Fsp3) is 0.444. The summed E-state index contributed by atoms with van der Waals surface area (Å²) in [7, 11) is 0. The Morgan fingerprint density at radius 1 is 1.67 bits per heavy atom. The summed E-state index contributed by atoms with van der Waals surface area (Å²) in [6.07, 6.45) is 1.52. The number of H-pyrrole nitrogens is 1. The Labute approximate surface area is 86.6 Å². The van der Waals surface area contributed by atoms with Crippen LogP contribution in [0.3, 0.4) is 0 Å². The van der Waals surface area contributed by atoms with Crippen LogP contribution < -0.4 is 5.32 Å². The van der Waals surface area contributed by atoms with Gasteiger partial charge in [0.1, 0.15) is 11.7 Å². The second-order valence-corrected chi connectivity index (χ2v) is 3.44. The van der Waals surface area contributed by atoms with Crippen molar-refractivity contribution in [1.82, 2.24) is 20.4 Å². The zero-order chi connectivity index (χ0) is 10.8. The van der Waals surface area contributed by atoms with Crippen LogP contribution in [0.5, 0.6) is 0 Å². The van der Waals surface area contributed by atoms with E-state index in [0.29, 0.717) is 18.8 Å². The fourth-order valence-electron chi connectivity index (χ4n) is 1.59. The van der Waals surface area contributed by atoms with Gasteiger partial charge in [-0.05, 0) is 13.0 Å². The van der Waals surface area contributed by atoms with Gasteiger partial charge >= 0.3 is 0 Å². The Bertz CT molecular complexity index is 373. The number of piperazine rings is 1. The molecule has 1 fully saturated rings. The zero-order valence-electron chi connectivity index (χ0n) is 8.36. The molecular weight excluding hydrogens is 196 g/mol. The van der Waals surface area contributed by atoms with Crippen molar-refractivity contribution < 1.29 is 9.59 Å². The van der Waals surface area contributed by atoms with E-state index in [2.05, 4.69) is 15.5 Å². The number of nitrogens with zero attached hydrogens (tertiary/aromatic N) is 2. The summed E-state index contributed by atoms with van der Waals surface area (Å²) in [5.41, 5.74) is 0.413. The van der Waals surface area contributed by atoms with Crippen LogP contribution in [0.2, 0.25) is 0 Å². The van der Waals surface area contributed by atoms with E-state index in [1.54, 1.807) is 13.0 Å². The van der Waals surface area contributed by atoms with Crippen molar-refractivity contribution in [3.05, 3.63) is 18.0 Å². The molecule has 0 saturated carbocycles. The molecule has 1 aromatic rings. The highest BCUT2D eigenvalue weighted by Crippen LogP contribution is 2.08. The van der Waals surface area contributed by atoms with Crippen LogP contribution in [0.1, 0.15) is 17.4 Å². The first kappa shape index (κ1) is 9.70. The number of hydrogen-bond acceptors (Lipinski definition) is 3. The molecule has 80 valence electrons. The van der Waals surface area contributed by atoms with Gasteiger partial charge < -0.3 is 10.2 Å². The van der Waals surface area contributed by atoms with Gasteiger partial charge in [-0.3, -0.25) is 14.7 Å². The third kappa shape index (κ3) is 1.70. The Hall–Kier alpha value is -1.85. The maximum atomic E-state index is 11.9. The highest BCUT2D eigenvalue weighted by molar-refractivity contribution is 5.96. The van der Waals surface area contributed by atoms with Crippen LogP contribution in [0.25, 0.3) is 0 Å². The Morgan fingerprint density at radius 3 is 3.13 bits per heavy atom. The van der Waals surface area contributed by atoms with Crippen molar-refractivity contribution in [2.75, 3.05) is 13.1 Å². The highest BCUT2D eigenvalue weighted by Gasteiger charge is 2.30. The average molecular weight is 208 g/mol. The van der Waals surface area contributed by atoms with Gasteiger partial charge in [0.2, 0.25) is 5.91 Å². The monoisotopic (exact) mass is 208 g/mol. The number of carbonyl (C=O) groups is 2. The van der Waals surface area contributed by atoms with Crippen molar-refractivity contribution in [2.45, 2.75) is 13.0 Å². The molecule has 0 aromatic carbocycles. The van der Waals surface area contributed by atoms with E-state index in [0.717, 1.165) is 0 Å². The topological polar surface area (TPSA) is 78.1 Å². The lowest BCUT2D eigenvalue weighted by molar-refractivity contribution is -0.127. The third-order valence-electron chi connectivity index (χ3n) is 2.49. The van der Waals surface area contributed by atoms with Crippen LogP contribution in [0.4, 0.5) is 0 Å². The molecule has 1 saturated heterocycles. The lowest BCUT2D eigenvalue weighted by atomic mass is 10.2. The minimum absolute atomic E-state index is 0.117. The molecule has 6 nitrogen and oxygen atoms in total. The molecule has 1 aliphatic rings. The molecular formula is C9H12N4O2. The van der Waals surface area contributed by atoms with E-state index in [-0.39, 0.29) is 11.8 Å². The van der Waals surface area contributed by atoms with Crippen LogP contribution >= 0.6 is 0 Å². The lowest BCUT2D eigenvalue weighted by Crippen LogP contribution is -2.55. The summed E-state index contributed by atoms with van der Waals surface area (Å²) in [5, 5.41) is 9.01. The van der Waals surface area contributed by atoms with Crippen LogP contribution in [-0.4, -0.2) is 46.0 Å². The van der Waals surface area contributed by atoms with E-state index >= 15 is 0 Å². The van der Waals surface area contributed by atoms with Crippen molar-refractivity contribution in [3.63, 3.8) is 0 Å². The first-order valence-electron chi connectivity index (χ1n) is 4.78. The summed E-state index contributed by atoms with van der Waals surface area (Å²) < 4.78 is 0. The number of amides is 2. The van der Waals surface area contributed by atoms with Gasteiger partial charge in [-0.1, -0.05) is 0 Å². The summed E-state index contributed by atoms with van der Waals surface area (Å²) in [6, 6.07) is 1.18. The average Bonchev–Trinajstić information content (AvgIpc) is 2.74. The number of aromatic amines is 1. The van der Waals surface area contributed by atoms with Crippen molar-refractivity contribution >= 4 is 11.8 Å². The molecule has 0 aliphatic carbocycles. The SMILES string of the molecule is CC1C(=O)NCCN1C(=O)c1ccn[nH]1. The summed E-state index contributed by atoms with van der Waals surface area (Å²) in [4.78, 5) is 24.8. The summed E-state index contributed by atoms with van der Waals surface area (Å²) in [5.74, 6) is -0.302.